The molecular weight excluding hydrogens is 297 g/mol. The quantitative estimate of drug-likeness (QED) is 0.945. The Hall–Kier alpha value is -1.49. The van der Waals surface area contributed by atoms with Crippen LogP contribution in [0.3, 0.4) is 0 Å². The first kappa shape index (κ1) is 11.6. The van der Waals surface area contributed by atoms with Gasteiger partial charge in [-0.15, -0.1) is 0 Å². The highest BCUT2D eigenvalue weighted by molar-refractivity contribution is 9.10. The molecule has 0 saturated heterocycles. The normalized spacial score (nSPS) is 21.7. The van der Waals surface area contributed by atoms with Gasteiger partial charge in [0.25, 0.3) is 0 Å². The lowest BCUT2D eigenvalue weighted by molar-refractivity contribution is 0.625. The minimum atomic E-state index is -0.182. The molecule has 2 atom stereocenters. The molecule has 3 nitrogen and oxygen atoms in total. The smallest absolute Gasteiger partial charge is 0.222 e. The molecule has 1 saturated carbocycles. The molecule has 3 rings (SSSR count). The molecule has 1 aliphatic rings. The van der Waals surface area contributed by atoms with Crippen LogP contribution in [0.1, 0.15) is 17.9 Å². The number of anilines is 1. The van der Waals surface area contributed by atoms with Crippen molar-refractivity contribution >= 4 is 21.9 Å². The first-order chi connectivity index (χ1) is 8.72. The van der Waals surface area contributed by atoms with Crippen molar-refractivity contribution in [3.05, 3.63) is 52.5 Å². The Morgan fingerprint density at radius 1 is 1.28 bits per heavy atom. The predicted octanol–water partition coefficient (Wildman–Crippen LogP) is 3.35. The van der Waals surface area contributed by atoms with Crippen LogP contribution in [0.4, 0.5) is 10.3 Å². The third-order valence-corrected chi connectivity index (χ3v) is 3.41. The Bertz CT molecular complexity index is 558. The highest BCUT2D eigenvalue weighted by Gasteiger charge is 2.38. The number of nitrogens with one attached hydrogen (secondary N) is 1. The van der Waals surface area contributed by atoms with Crippen molar-refractivity contribution in [2.24, 2.45) is 0 Å². The zero-order chi connectivity index (χ0) is 12.5. The second-order valence-corrected chi connectivity index (χ2v) is 5.29. The Labute approximate surface area is 113 Å². The van der Waals surface area contributed by atoms with Crippen molar-refractivity contribution in [2.45, 2.75) is 18.4 Å². The summed E-state index contributed by atoms with van der Waals surface area (Å²) in [5.41, 5.74) is 1.03. The van der Waals surface area contributed by atoms with Gasteiger partial charge in [-0.3, -0.25) is 0 Å². The van der Waals surface area contributed by atoms with Crippen LogP contribution in [-0.4, -0.2) is 16.0 Å². The molecule has 0 aliphatic heterocycles. The molecule has 1 aromatic carbocycles. The van der Waals surface area contributed by atoms with Crippen molar-refractivity contribution in [1.82, 2.24) is 9.97 Å². The highest BCUT2D eigenvalue weighted by Crippen LogP contribution is 2.42. The summed E-state index contributed by atoms with van der Waals surface area (Å²) in [6, 6.07) is 7.06. The van der Waals surface area contributed by atoms with Gasteiger partial charge in [0.1, 0.15) is 5.82 Å². The van der Waals surface area contributed by atoms with Crippen LogP contribution in [0.15, 0.2) is 41.1 Å². The maximum absolute atomic E-state index is 13.1. The van der Waals surface area contributed by atoms with Crippen molar-refractivity contribution in [1.29, 1.82) is 0 Å². The van der Waals surface area contributed by atoms with Gasteiger partial charge in [0.05, 0.1) is 4.47 Å². The first-order valence-electron chi connectivity index (χ1n) is 5.72. The van der Waals surface area contributed by atoms with E-state index in [0.717, 1.165) is 16.5 Å². The second kappa shape index (κ2) is 4.65. The van der Waals surface area contributed by atoms with Gasteiger partial charge in [-0.25, -0.2) is 14.4 Å². The van der Waals surface area contributed by atoms with E-state index >= 15 is 0 Å². The first-order valence-corrected chi connectivity index (χ1v) is 6.51. The van der Waals surface area contributed by atoms with Crippen LogP contribution < -0.4 is 5.32 Å². The molecule has 2 aromatic rings. The van der Waals surface area contributed by atoms with Gasteiger partial charge in [0.15, 0.2) is 0 Å². The van der Waals surface area contributed by atoms with Gasteiger partial charge in [-0.1, -0.05) is 12.1 Å². The van der Waals surface area contributed by atoms with E-state index in [1.54, 1.807) is 24.5 Å². The monoisotopic (exact) mass is 307 g/mol. The largest absolute Gasteiger partial charge is 0.351 e. The lowest BCUT2D eigenvalue weighted by atomic mass is 10.1. The zero-order valence-electron chi connectivity index (χ0n) is 9.48. The number of nitrogens with zero attached hydrogens (tertiary/aromatic N) is 2. The van der Waals surface area contributed by atoms with E-state index in [1.165, 1.54) is 6.07 Å². The van der Waals surface area contributed by atoms with E-state index < -0.39 is 0 Å². The topological polar surface area (TPSA) is 37.8 Å². The molecular formula is C13H11BrFN3. The van der Waals surface area contributed by atoms with Crippen molar-refractivity contribution in [2.75, 3.05) is 5.32 Å². The number of aromatic nitrogens is 2. The van der Waals surface area contributed by atoms with Gasteiger partial charge < -0.3 is 5.32 Å². The van der Waals surface area contributed by atoms with Crippen LogP contribution in [0.2, 0.25) is 0 Å². The van der Waals surface area contributed by atoms with Crippen molar-refractivity contribution in [3.63, 3.8) is 0 Å². The second-order valence-electron chi connectivity index (χ2n) is 4.37. The fraction of sp³-hybridized carbons (Fsp3) is 0.231. The Kier molecular flexibility index (Phi) is 2.99. The molecule has 1 N–H and O–H groups in total. The SMILES string of the molecule is Fc1cccc([C@@H]2C[C@H]2Nc2ncc(Br)cn2)c1. The molecule has 92 valence electrons. The average molecular weight is 308 g/mol. The number of benzene rings is 1. The van der Waals surface area contributed by atoms with Gasteiger partial charge in [-0.05, 0) is 40.0 Å². The molecule has 1 fully saturated rings. The van der Waals surface area contributed by atoms with Crippen molar-refractivity contribution in [3.8, 4) is 0 Å². The Morgan fingerprint density at radius 2 is 2.06 bits per heavy atom. The number of hydrogen-bond donors (Lipinski definition) is 1. The third-order valence-electron chi connectivity index (χ3n) is 3.00. The summed E-state index contributed by atoms with van der Waals surface area (Å²) in [5.74, 6) is 0.785. The third kappa shape index (κ3) is 2.51. The van der Waals surface area contributed by atoms with Crippen molar-refractivity contribution < 1.29 is 4.39 Å². The summed E-state index contributed by atoms with van der Waals surface area (Å²) in [6.45, 7) is 0. The van der Waals surface area contributed by atoms with Crippen LogP contribution >= 0.6 is 15.9 Å². The summed E-state index contributed by atoms with van der Waals surface area (Å²) in [6.07, 6.45) is 4.40. The van der Waals surface area contributed by atoms with E-state index in [2.05, 4.69) is 31.2 Å². The summed E-state index contributed by atoms with van der Waals surface area (Å²) in [7, 11) is 0. The molecule has 18 heavy (non-hydrogen) atoms. The van der Waals surface area contributed by atoms with Gasteiger partial charge in [0.2, 0.25) is 5.95 Å². The lowest BCUT2D eigenvalue weighted by Crippen LogP contribution is -2.07. The van der Waals surface area contributed by atoms with Gasteiger partial charge in [-0.2, -0.15) is 0 Å². The fourth-order valence-electron chi connectivity index (χ4n) is 2.01. The highest BCUT2D eigenvalue weighted by atomic mass is 79.9. The van der Waals surface area contributed by atoms with E-state index in [1.807, 2.05) is 6.07 Å². The van der Waals surface area contributed by atoms with E-state index in [0.29, 0.717) is 17.9 Å². The summed E-state index contributed by atoms with van der Waals surface area (Å²) < 4.78 is 14.0. The van der Waals surface area contributed by atoms with Crippen LogP contribution in [0.25, 0.3) is 0 Å². The molecule has 0 bridgehead atoms. The lowest BCUT2D eigenvalue weighted by Gasteiger charge is -2.04. The minimum absolute atomic E-state index is 0.182. The standard InChI is InChI=1S/C13H11BrFN3/c14-9-6-16-13(17-7-9)18-12-5-11(12)8-2-1-3-10(15)4-8/h1-4,6-7,11-12H,5H2,(H,16,17,18)/t11-,12+/m0/s1. The molecule has 1 aliphatic carbocycles. The predicted molar refractivity (Wildman–Crippen MR) is 70.9 cm³/mol. The molecule has 0 spiro atoms. The molecule has 0 radical (unpaired) electrons. The van der Waals surface area contributed by atoms with E-state index in [-0.39, 0.29) is 5.82 Å². The molecule has 0 unspecified atom stereocenters. The molecule has 1 aromatic heterocycles. The van der Waals surface area contributed by atoms with E-state index in [4.69, 9.17) is 0 Å². The Morgan fingerprint density at radius 3 is 2.78 bits per heavy atom. The van der Waals surface area contributed by atoms with Gasteiger partial charge >= 0.3 is 0 Å². The van der Waals surface area contributed by atoms with Crippen LogP contribution in [-0.2, 0) is 0 Å². The van der Waals surface area contributed by atoms with Crippen LogP contribution in [0.5, 0.6) is 0 Å². The molecule has 5 heteroatoms. The maximum atomic E-state index is 13.1. The Balaban J connectivity index is 1.66. The zero-order valence-corrected chi connectivity index (χ0v) is 11.1. The van der Waals surface area contributed by atoms with Gasteiger partial charge in [0, 0.05) is 24.4 Å². The fourth-order valence-corrected chi connectivity index (χ4v) is 2.22. The number of halogens is 2. The summed E-state index contributed by atoms with van der Waals surface area (Å²) >= 11 is 3.29. The number of hydrogen-bond acceptors (Lipinski definition) is 3. The molecule has 1 heterocycles. The van der Waals surface area contributed by atoms with Crippen LogP contribution in [0, 0.1) is 5.82 Å². The average Bonchev–Trinajstić information content (AvgIpc) is 3.12. The summed E-state index contributed by atoms with van der Waals surface area (Å²) in [4.78, 5) is 8.32. The van der Waals surface area contributed by atoms with E-state index in [9.17, 15) is 4.39 Å². The summed E-state index contributed by atoms with van der Waals surface area (Å²) in [5, 5.41) is 3.25. The molecule has 0 amide bonds. The maximum Gasteiger partial charge on any atom is 0.222 e. The number of rotatable bonds is 3. The minimum Gasteiger partial charge on any atom is -0.351 e.